The van der Waals surface area contributed by atoms with E-state index in [2.05, 4.69) is 123 Å². The lowest BCUT2D eigenvalue weighted by Gasteiger charge is -2.19. The van der Waals surface area contributed by atoms with E-state index in [1.165, 1.54) is 72.3 Å². The van der Waals surface area contributed by atoms with Crippen LogP contribution in [0.5, 0.6) is 0 Å². The number of hydrogen-bond donors (Lipinski definition) is 0. The highest BCUT2D eigenvalue weighted by Gasteiger charge is 2.32. The predicted octanol–water partition coefficient (Wildman–Crippen LogP) is 9.41. The van der Waals surface area contributed by atoms with Gasteiger partial charge in [0.2, 0.25) is 0 Å². The van der Waals surface area contributed by atoms with E-state index in [-0.39, 0.29) is 0 Å². The van der Waals surface area contributed by atoms with Gasteiger partial charge in [0, 0.05) is 33.4 Å². The first-order chi connectivity index (χ1) is 19.7. The zero-order valence-electron chi connectivity index (χ0n) is 22.2. The maximum absolute atomic E-state index is 5.03. The Kier molecular flexibility index (Phi) is 4.22. The van der Waals surface area contributed by atoms with Crippen molar-refractivity contribution in [2.75, 3.05) is 0 Å². The second kappa shape index (κ2) is 7.74. The predicted molar refractivity (Wildman–Crippen MR) is 167 cm³/mol. The molecule has 0 unspecified atom stereocenters. The number of aryl methyl sites for hydroxylation is 1. The first-order valence-electron chi connectivity index (χ1n) is 13.8. The molecule has 0 spiro atoms. The largest absolute Gasteiger partial charge is 0.247 e. The van der Waals surface area contributed by atoms with E-state index < -0.39 is 0 Å². The van der Waals surface area contributed by atoms with E-state index in [4.69, 9.17) is 9.98 Å². The van der Waals surface area contributed by atoms with Crippen LogP contribution >= 0.6 is 0 Å². The molecule has 0 amide bonds. The highest BCUT2D eigenvalue weighted by Crippen LogP contribution is 2.50. The fraction of sp³-hybridized carbons (Fsp3) is 0.0526. The molecule has 1 radical (unpaired) electrons. The van der Waals surface area contributed by atoms with Gasteiger partial charge in [-0.1, -0.05) is 78.9 Å². The van der Waals surface area contributed by atoms with E-state index in [1.807, 2.05) is 0 Å². The van der Waals surface area contributed by atoms with Crippen molar-refractivity contribution < 1.29 is 0 Å². The third kappa shape index (κ3) is 2.78. The summed E-state index contributed by atoms with van der Waals surface area (Å²) in [6, 6.07) is 36.0. The number of allylic oxidation sites excluding steroid dienone is 2. The normalized spacial score (nSPS) is 14.8. The van der Waals surface area contributed by atoms with Crippen LogP contribution in [0.3, 0.4) is 0 Å². The van der Waals surface area contributed by atoms with Crippen LogP contribution in [0, 0.1) is 19.9 Å². The molecule has 2 heteroatoms. The second-order valence-corrected chi connectivity index (χ2v) is 11.0. The Morgan fingerprint density at radius 2 is 1.02 bits per heavy atom. The molecule has 9 rings (SSSR count). The summed E-state index contributed by atoms with van der Waals surface area (Å²) in [5, 5.41) is 0. The molecule has 4 aliphatic rings. The van der Waals surface area contributed by atoms with Crippen molar-refractivity contribution in [3.8, 4) is 22.3 Å². The molecule has 185 valence electrons. The molecule has 2 nitrogen and oxygen atoms in total. The quantitative estimate of drug-likeness (QED) is 0.227. The summed E-state index contributed by atoms with van der Waals surface area (Å²) in [6.45, 7) is 4.43. The Hall–Kier alpha value is -5.08. The number of aliphatic imine (C=N–C) groups is 2. The van der Waals surface area contributed by atoms with Gasteiger partial charge < -0.3 is 0 Å². The van der Waals surface area contributed by atoms with Gasteiger partial charge in [-0.05, 0) is 88.7 Å². The van der Waals surface area contributed by atoms with E-state index in [0.717, 1.165) is 28.4 Å². The third-order valence-corrected chi connectivity index (χ3v) is 8.85. The third-order valence-electron chi connectivity index (χ3n) is 8.85. The lowest BCUT2D eigenvalue weighted by molar-refractivity contribution is 1.33. The molecule has 0 fully saturated rings. The molecule has 0 bridgehead atoms. The number of benzene rings is 5. The van der Waals surface area contributed by atoms with Crippen LogP contribution < -0.4 is 0 Å². The summed E-state index contributed by atoms with van der Waals surface area (Å²) in [6.07, 6.45) is 4.67. The van der Waals surface area contributed by atoms with Crippen LogP contribution in [-0.4, -0.2) is 11.4 Å². The first kappa shape index (κ1) is 21.8. The molecular weight excluding hydrogens is 484 g/mol. The number of para-hydroxylation sites is 2. The number of nitrogens with zero attached hydrogens (tertiary/aromatic N) is 2. The van der Waals surface area contributed by atoms with Crippen molar-refractivity contribution in [2.45, 2.75) is 13.8 Å². The van der Waals surface area contributed by atoms with Gasteiger partial charge >= 0.3 is 0 Å². The summed E-state index contributed by atoms with van der Waals surface area (Å²) < 4.78 is 0. The molecule has 2 aliphatic heterocycles. The van der Waals surface area contributed by atoms with Crippen molar-refractivity contribution in [1.82, 2.24) is 0 Å². The van der Waals surface area contributed by atoms with Gasteiger partial charge in [-0.2, -0.15) is 0 Å². The molecule has 5 aromatic carbocycles. The molecule has 2 aliphatic carbocycles. The van der Waals surface area contributed by atoms with E-state index >= 15 is 0 Å². The maximum Gasteiger partial charge on any atom is 0.0795 e. The topological polar surface area (TPSA) is 24.7 Å². The summed E-state index contributed by atoms with van der Waals surface area (Å²) in [7, 11) is 0. The Bertz CT molecular complexity index is 2120. The standard InChI is InChI=1S/C38H23N2/c1-21-17-18-27(23-11-7-13-28-30(23)19-32-24-9-3-5-15-34(24)39-37(28)32)36(22(21)2)26-12-8-14-29-31(26)20-33-25-10-4-6-16-35(25)40-38(29)33/h3-17,19-20H,1-2H3. The number of rotatable bonds is 2. The van der Waals surface area contributed by atoms with Gasteiger partial charge in [0.15, 0.2) is 0 Å². The van der Waals surface area contributed by atoms with E-state index in [9.17, 15) is 0 Å². The molecule has 0 aromatic heterocycles. The number of fused-ring (bicyclic) bond motifs is 10. The summed E-state index contributed by atoms with van der Waals surface area (Å²) in [4.78, 5) is 10.0. The van der Waals surface area contributed by atoms with Crippen LogP contribution in [0.4, 0.5) is 11.4 Å². The van der Waals surface area contributed by atoms with E-state index in [0.29, 0.717) is 0 Å². The molecule has 0 N–H and O–H groups in total. The number of hydrogen-bond acceptors (Lipinski definition) is 2. The minimum atomic E-state index is 1.06. The SMILES string of the molecule is Cc1c[c]c(-c2cccc3c2C=C2C3=Nc3ccccc32)c(-c2cccc3c2C=C2C3=Nc3ccccc32)c1C. The average Bonchev–Trinajstić information content (AvgIpc) is 3.72. The minimum Gasteiger partial charge on any atom is -0.247 e. The van der Waals surface area contributed by atoms with Gasteiger partial charge in [0.1, 0.15) is 0 Å². The molecule has 40 heavy (non-hydrogen) atoms. The molecule has 0 saturated carbocycles. The maximum atomic E-state index is 5.03. The van der Waals surface area contributed by atoms with Crippen molar-refractivity contribution in [3.63, 3.8) is 0 Å². The second-order valence-electron chi connectivity index (χ2n) is 11.0. The van der Waals surface area contributed by atoms with Gasteiger partial charge in [-0.25, -0.2) is 9.98 Å². The molecular formula is C38H23N2. The molecule has 2 heterocycles. The van der Waals surface area contributed by atoms with E-state index in [1.54, 1.807) is 0 Å². The van der Waals surface area contributed by atoms with Gasteiger partial charge in [0.25, 0.3) is 0 Å². The molecule has 0 saturated heterocycles. The van der Waals surface area contributed by atoms with Crippen LogP contribution in [0.1, 0.15) is 44.5 Å². The highest BCUT2D eigenvalue weighted by atomic mass is 14.8. The summed E-state index contributed by atoms with van der Waals surface area (Å²) >= 11 is 0. The molecule has 0 atom stereocenters. The highest BCUT2D eigenvalue weighted by molar-refractivity contribution is 6.44. The zero-order chi connectivity index (χ0) is 26.5. The van der Waals surface area contributed by atoms with Gasteiger partial charge in [-0.3, -0.25) is 0 Å². The zero-order valence-corrected chi connectivity index (χ0v) is 22.2. The van der Waals surface area contributed by atoms with Crippen molar-refractivity contribution >= 4 is 46.1 Å². The fourth-order valence-corrected chi connectivity index (χ4v) is 6.79. The smallest absolute Gasteiger partial charge is 0.0795 e. The van der Waals surface area contributed by atoms with Crippen molar-refractivity contribution in [3.05, 3.63) is 142 Å². The van der Waals surface area contributed by atoms with Gasteiger partial charge in [0.05, 0.1) is 22.8 Å². The Balaban J connectivity index is 1.27. The molecule has 5 aromatic rings. The van der Waals surface area contributed by atoms with Crippen LogP contribution in [0.15, 0.2) is 101 Å². The van der Waals surface area contributed by atoms with Crippen LogP contribution in [0.2, 0.25) is 0 Å². The average molecular weight is 508 g/mol. The lowest BCUT2D eigenvalue weighted by atomic mass is 9.84. The Morgan fingerprint density at radius 1 is 0.525 bits per heavy atom. The van der Waals surface area contributed by atoms with Crippen LogP contribution in [0.25, 0.3) is 45.6 Å². The van der Waals surface area contributed by atoms with Crippen molar-refractivity contribution in [1.29, 1.82) is 0 Å². The van der Waals surface area contributed by atoms with Gasteiger partial charge in [-0.15, -0.1) is 0 Å². The van der Waals surface area contributed by atoms with Crippen LogP contribution in [-0.2, 0) is 0 Å². The fourth-order valence-electron chi connectivity index (χ4n) is 6.79. The monoisotopic (exact) mass is 507 g/mol. The Morgan fingerprint density at radius 3 is 1.65 bits per heavy atom. The van der Waals surface area contributed by atoms with Crippen molar-refractivity contribution in [2.24, 2.45) is 9.98 Å². The summed E-state index contributed by atoms with van der Waals surface area (Å²) in [5.74, 6) is 0. The summed E-state index contributed by atoms with van der Waals surface area (Å²) in [5.41, 5.74) is 21.4. The first-order valence-corrected chi connectivity index (χ1v) is 13.8. The minimum absolute atomic E-state index is 1.06. The lowest BCUT2D eigenvalue weighted by Crippen LogP contribution is -2.00. The Labute approximate surface area is 233 Å².